The second-order valence-corrected chi connectivity index (χ2v) is 4.04. The van der Waals surface area contributed by atoms with Crippen LogP contribution in [0.5, 0.6) is 0 Å². The molecule has 1 heterocycles. The summed E-state index contributed by atoms with van der Waals surface area (Å²) in [5.41, 5.74) is 0. The van der Waals surface area contributed by atoms with E-state index < -0.39 is 12.6 Å². The molecule has 1 nitrogen and oxygen atoms in total. The Morgan fingerprint density at radius 3 is 2.71 bits per heavy atom. The predicted octanol–water partition coefficient (Wildman–Crippen LogP) is 3.35. The van der Waals surface area contributed by atoms with Crippen LogP contribution in [0, 0.1) is 0 Å². The highest BCUT2D eigenvalue weighted by atomic mass is 32.1. The summed E-state index contributed by atoms with van der Waals surface area (Å²) in [5, 5.41) is 4.75. The number of hydrogen-bond donors (Lipinski definition) is 1. The first-order valence-corrected chi connectivity index (χ1v) is 5.20. The van der Waals surface area contributed by atoms with Crippen molar-refractivity contribution < 1.29 is 13.2 Å². The van der Waals surface area contributed by atoms with Crippen molar-refractivity contribution >= 4 is 11.3 Å². The van der Waals surface area contributed by atoms with Gasteiger partial charge in [0.05, 0.1) is 6.42 Å². The SMILES string of the molecule is CC(NCCC(F)(F)F)c1cccs1. The molecule has 1 N–H and O–H groups in total. The van der Waals surface area contributed by atoms with Crippen LogP contribution in [0.25, 0.3) is 0 Å². The number of rotatable bonds is 4. The normalized spacial score (nSPS) is 14.3. The molecule has 0 amide bonds. The third-order valence-corrected chi connectivity index (χ3v) is 2.88. The summed E-state index contributed by atoms with van der Waals surface area (Å²) in [5.74, 6) is 0. The zero-order valence-electron chi connectivity index (χ0n) is 7.77. The quantitative estimate of drug-likeness (QED) is 0.825. The van der Waals surface area contributed by atoms with Crippen molar-refractivity contribution in [3.8, 4) is 0 Å². The first-order valence-electron chi connectivity index (χ1n) is 4.32. The van der Waals surface area contributed by atoms with Crippen LogP contribution < -0.4 is 5.32 Å². The van der Waals surface area contributed by atoms with E-state index in [9.17, 15) is 13.2 Å². The van der Waals surface area contributed by atoms with Crippen molar-refractivity contribution in [1.82, 2.24) is 5.32 Å². The third kappa shape index (κ3) is 4.11. The van der Waals surface area contributed by atoms with Crippen LogP contribution in [-0.4, -0.2) is 12.7 Å². The first kappa shape index (κ1) is 11.5. The molecule has 1 aromatic heterocycles. The monoisotopic (exact) mass is 223 g/mol. The van der Waals surface area contributed by atoms with Gasteiger partial charge in [-0.3, -0.25) is 0 Å². The van der Waals surface area contributed by atoms with Gasteiger partial charge in [-0.05, 0) is 18.4 Å². The number of halogens is 3. The molecule has 0 saturated carbocycles. The van der Waals surface area contributed by atoms with Crippen molar-refractivity contribution in [3.63, 3.8) is 0 Å². The molecule has 0 aliphatic rings. The van der Waals surface area contributed by atoms with Crippen molar-refractivity contribution in [1.29, 1.82) is 0 Å². The molecular weight excluding hydrogens is 211 g/mol. The maximum Gasteiger partial charge on any atom is 0.390 e. The molecule has 80 valence electrons. The molecule has 0 bridgehead atoms. The van der Waals surface area contributed by atoms with Crippen LogP contribution in [0.1, 0.15) is 24.3 Å². The summed E-state index contributed by atoms with van der Waals surface area (Å²) in [6.45, 7) is 1.84. The average molecular weight is 223 g/mol. The summed E-state index contributed by atoms with van der Waals surface area (Å²) < 4.78 is 35.4. The maximum absolute atomic E-state index is 11.8. The van der Waals surface area contributed by atoms with Crippen LogP contribution in [0.15, 0.2) is 17.5 Å². The zero-order valence-corrected chi connectivity index (χ0v) is 8.58. The van der Waals surface area contributed by atoms with E-state index in [0.29, 0.717) is 0 Å². The van der Waals surface area contributed by atoms with Gasteiger partial charge >= 0.3 is 6.18 Å². The van der Waals surface area contributed by atoms with E-state index >= 15 is 0 Å². The van der Waals surface area contributed by atoms with Crippen LogP contribution in [-0.2, 0) is 0 Å². The lowest BCUT2D eigenvalue weighted by Gasteiger charge is -2.12. The highest BCUT2D eigenvalue weighted by Gasteiger charge is 2.26. The second-order valence-electron chi connectivity index (χ2n) is 3.06. The van der Waals surface area contributed by atoms with Gasteiger partial charge in [0, 0.05) is 17.5 Å². The molecular formula is C9H12F3NS. The van der Waals surface area contributed by atoms with E-state index in [4.69, 9.17) is 0 Å². The Morgan fingerprint density at radius 2 is 2.21 bits per heavy atom. The van der Waals surface area contributed by atoms with Gasteiger partial charge in [0.2, 0.25) is 0 Å². The van der Waals surface area contributed by atoms with Crippen LogP contribution >= 0.6 is 11.3 Å². The molecule has 1 aromatic rings. The summed E-state index contributed by atoms with van der Waals surface area (Å²) in [7, 11) is 0. The fraction of sp³-hybridized carbons (Fsp3) is 0.556. The Labute approximate surface area is 84.9 Å². The standard InChI is InChI=1S/C9H12F3NS/c1-7(8-3-2-6-14-8)13-5-4-9(10,11)12/h2-3,6-7,13H,4-5H2,1H3. The summed E-state index contributed by atoms with van der Waals surface area (Å²) in [6.07, 6.45) is -4.84. The molecule has 0 spiro atoms. The second kappa shape index (κ2) is 4.79. The van der Waals surface area contributed by atoms with E-state index in [2.05, 4.69) is 5.32 Å². The fourth-order valence-electron chi connectivity index (χ4n) is 1.07. The van der Waals surface area contributed by atoms with Crippen molar-refractivity contribution in [2.24, 2.45) is 0 Å². The molecule has 1 unspecified atom stereocenters. The number of hydrogen-bond acceptors (Lipinski definition) is 2. The van der Waals surface area contributed by atoms with Gasteiger partial charge in [-0.25, -0.2) is 0 Å². The highest BCUT2D eigenvalue weighted by molar-refractivity contribution is 7.10. The molecule has 1 atom stereocenters. The summed E-state index contributed by atoms with van der Waals surface area (Å²) in [4.78, 5) is 1.06. The highest BCUT2D eigenvalue weighted by Crippen LogP contribution is 2.21. The fourth-order valence-corrected chi connectivity index (χ4v) is 1.83. The first-order chi connectivity index (χ1) is 6.49. The molecule has 1 rings (SSSR count). The van der Waals surface area contributed by atoms with E-state index in [-0.39, 0.29) is 12.6 Å². The van der Waals surface area contributed by atoms with Gasteiger partial charge in [0.15, 0.2) is 0 Å². The molecule has 0 fully saturated rings. The molecule has 0 aromatic carbocycles. The zero-order chi connectivity index (χ0) is 10.6. The number of alkyl halides is 3. The summed E-state index contributed by atoms with van der Waals surface area (Å²) >= 11 is 1.55. The van der Waals surface area contributed by atoms with E-state index in [1.807, 2.05) is 24.4 Å². The van der Waals surface area contributed by atoms with Gasteiger partial charge in [0.1, 0.15) is 0 Å². The minimum absolute atomic E-state index is 0.00245. The van der Waals surface area contributed by atoms with Crippen molar-refractivity contribution in [3.05, 3.63) is 22.4 Å². The summed E-state index contributed by atoms with van der Waals surface area (Å²) in [6, 6.07) is 3.80. The minimum atomic E-state index is -4.07. The number of nitrogens with one attached hydrogen (secondary N) is 1. The van der Waals surface area contributed by atoms with Crippen molar-refractivity contribution in [2.75, 3.05) is 6.54 Å². The molecule has 0 radical (unpaired) electrons. The topological polar surface area (TPSA) is 12.0 Å². The van der Waals surface area contributed by atoms with Crippen LogP contribution in [0.4, 0.5) is 13.2 Å². The van der Waals surface area contributed by atoms with E-state index in [0.717, 1.165) is 4.88 Å². The Balaban J connectivity index is 2.26. The van der Waals surface area contributed by atoms with E-state index in [1.54, 1.807) is 11.3 Å². The Morgan fingerprint density at radius 1 is 1.50 bits per heavy atom. The predicted molar refractivity (Wildman–Crippen MR) is 51.4 cm³/mol. The minimum Gasteiger partial charge on any atom is -0.309 e. The van der Waals surface area contributed by atoms with Gasteiger partial charge in [-0.2, -0.15) is 13.2 Å². The lowest BCUT2D eigenvalue weighted by atomic mass is 10.2. The largest absolute Gasteiger partial charge is 0.390 e. The lowest BCUT2D eigenvalue weighted by Crippen LogP contribution is -2.23. The van der Waals surface area contributed by atoms with E-state index in [1.165, 1.54) is 0 Å². The lowest BCUT2D eigenvalue weighted by molar-refractivity contribution is -0.133. The van der Waals surface area contributed by atoms with Gasteiger partial charge in [0.25, 0.3) is 0 Å². The Kier molecular flexibility index (Phi) is 3.95. The smallest absolute Gasteiger partial charge is 0.309 e. The average Bonchev–Trinajstić information content (AvgIpc) is 2.53. The Bertz CT molecular complexity index is 256. The van der Waals surface area contributed by atoms with Gasteiger partial charge in [-0.15, -0.1) is 11.3 Å². The van der Waals surface area contributed by atoms with Crippen LogP contribution in [0.3, 0.4) is 0 Å². The molecule has 0 aliphatic heterocycles. The van der Waals surface area contributed by atoms with Gasteiger partial charge < -0.3 is 5.32 Å². The maximum atomic E-state index is 11.8. The molecule has 0 saturated heterocycles. The molecule has 5 heteroatoms. The van der Waals surface area contributed by atoms with Gasteiger partial charge in [-0.1, -0.05) is 6.07 Å². The van der Waals surface area contributed by atoms with Crippen LogP contribution in [0.2, 0.25) is 0 Å². The third-order valence-electron chi connectivity index (χ3n) is 1.83. The molecule has 14 heavy (non-hydrogen) atoms. The van der Waals surface area contributed by atoms with Crippen molar-refractivity contribution in [2.45, 2.75) is 25.6 Å². The Hall–Kier alpha value is -0.550. The molecule has 0 aliphatic carbocycles. The number of thiophene rings is 1.